The van der Waals surface area contributed by atoms with E-state index in [4.69, 9.17) is 5.73 Å². The van der Waals surface area contributed by atoms with Gasteiger partial charge in [-0.3, -0.25) is 4.18 Å². The highest BCUT2D eigenvalue weighted by molar-refractivity contribution is 7.67. The van der Waals surface area contributed by atoms with E-state index in [1.165, 1.54) is 0 Å². The van der Waals surface area contributed by atoms with Gasteiger partial charge in [-0.15, -0.1) is 0 Å². The second-order valence-corrected chi connectivity index (χ2v) is 1.90. The van der Waals surface area contributed by atoms with Gasteiger partial charge < -0.3 is 5.73 Å². The van der Waals surface area contributed by atoms with Gasteiger partial charge in [0.1, 0.15) is 0 Å². The van der Waals surface area contributed by atoms with Crippen molar-refractivity contribution in [2.45, 2.75) is 6.42 Å². The van der Waals surface area contributed by atoms with Crippen molar-refractivity contribution in [3.05, 3.63) is 0 Å². The van der Waals surface area contributed by atoms with Crippen molar-refractivity contribution in [1.29, 1.82) is 0 Å². The minimum atomic E-state index is -2.67. The summed E-state index contributed by atoms with van der Waals surface area (Å²) in [5.41, 5.74) is 5.04. The first-order valence-electron chi connectivity index (χ1n) is 2.24. The SMILES string of the molecule is NCCCO[SH](=O)=O.[H+]. The van der Waals surface area contributed by atoms with Gasteiger partial charge in [0, 0.05) is 0 Å². The Hall–Kier alpha value is -0.130. The summed E-state index contributed by atoms with van der Waals surface area (Å²) < 4.78 is 23.5. The van der Waals surface area contributed by atoms with E-state index in [-0.39, 0.29) is 8.03 Å². The fraction of sp³-hybridized carbons (Fsp3) is 1.00. The Morgan fingerprint density at radius 2 is 2.25 bits per heavy atom. The number of rotatable bonds is 4. The van der Waals surface area contributed by atoms with E-state index in [2.05, 4.69) is 4.18 Å². The summed E-state index contributed by atoms with van der Waals surface area (Å²) in [6.07, 6.45) is 0.587. The van der Waals surface area contributed by atoms with E-state index in [0.717, 1.165) is 0 Å². The maximum atomic E-state index is 9.65. The summed E-state index contributed by atoms with van der Waals surface area (Å²) in [7, 11) is -2.67. The topological polar surface area (TPSA) is 69.4 Å². The molecule has 0 fully saturated rings. The minimum Gasteiger partial charge on any atom is -0.330 e. The van der Waals surface area contributed by atoms with Crippen LogP contribution in [0.15, 0.2) is 0 Å². The van der Waals surface area contributed by atoms with Crippen molar-refractivity contribution in [3.8, 4) is 0 Å². The molecule has 0 aromatic heterocycles. The Bertz CT molecular complexity index is 108. The van der Waals surface area contributed by atoms with E-state index in [1.54, 1.807) is 0 Å². The van der Waals surface area contributed by atoms with E-state index < -0.39 is 11.0 Å². The largest absolute Gasteiger partial charge is 1.00 e. The van der Waals surface area contributed by atoms with Gasteiger partial charge >= 0.3 is 1.43 Å². The van der Waals surface area contributed by atoms with Crippen LogP contribution >= 0.6 is 0 Å². The van der Waals surface area contributed by atoms with Crippen molar-refractivity contribution in [1.82, 2.24) is 0 Å². The summed E-state index contributed by atoms with van der Waals surface area (Å²) >= 11 is 0. The van der Waals surface area contributed by atoms with Gasteiger partial charge in [-0.2, -0.15) is 0 Å². The molecule has 4 nitrogen and oxygen atoms in total. The highest BCUT2D eigenvalue weighted by Gasteiger charge is 1.83. The van der Waals surface area contributed by atoms with Gasteiger partial charge in [0.05, 0.1) is 6.61 Å². The van der Waals surface area contributed by atoms with Crippen LogP contribution in [-0.2, 0) is 15.2 Å². The molecule has 0 spiro atoms. The monoisotopic (exact) mass is 140 g/mol. The van der Waals surface area contributed by atoms with E-state index in [9.17, 15) is 8.42 Å². The van der Waals surface area contributed by atoms with Crippen molar-refractivity contribution in [2.24, 2.45) is 5.73 Å². The molecule has 50 valence electrons. The second kappa shape index (κ2) is 5.02. The lowest BCUT2D eigenvalue weighted by Crippen LogP contribution is -2.03. The van der Waals surface area contributed by atoms with E-state index >= 15 is 0 Å². The molecule has 0 aromatic carbocycles. The molecule has 0 saturated heterocycles. The Morgan fingerprint density at radius 1 is 1.62 bits per heavy atom. The molecular weight excluding hydrogens is 130 g/mol. The van der Waals surface area contributed by atoms with Gasteiger partial charge in [0.2, 0.25) is 0 Å². The average molecular weight is 140 g/mol. The Balaban J connectivity index is 0. The molecule has 0 radical (unpaired) electrons. The molecule has 0 heterocycles. The standard InChI is InChI=1S/C3H9NO3S/c4-2-1-3-7-8(5)6/h8H,1-4H2/p+1. The van der Waals surface area contributed by atoms with Crippen molar-refractivity contribution < 1.29 is 14.0 Å². The molecule has 0 aliphatic carbocycles. The Kier molecular flexibility index (Phi) is 4.93. The summed E-state index contributed by atoms with van der Waals surface area (Å²) in [6, 6.07) is 0. The predicted molar refractivity (Wildman–Crippen MR) is 31.1 cm³/mol. The molecule has 5 heteroatoms. The third-order valence-electron chi connectivity index (χ3n) is 0.545. The first-order chi connectivity index (χ1) is 3.77. The third kappa shape index (κ3) is 5.87. The number of hydrogen-bond donors (Lipinski definition) is 2. The average Bonchev–Trinajstić information content (AvgIpc) is 1.66. The highest BCUT2D eigenvalue weighted by atomic mass is 32.2. The minimum absolute atomic E-state index is 0. The van der Waals surface area contributed by atoms with Gasteiger partial charge in [-0.05, 0) is 13.0 Å². The third-order valence-corrected chi connectivity index (χ3v) is 0.939. The van der Waals surface area contributed by atoms with Crippen LogP contribution in [0.4, 0.5) is 0 Å². The zero-order chi connectivity index (χ0) is 6.41. The van der Waals surface area contributed by atoms with Gasteiger partial charge in [-0.25, -0.2) is 8.42 Å². The van der Waals surface area contributed by atoms with Crippen LogP contribution in [-0.4, -0.2) is 21.6 Å². The summed E-state index contributed by atoms with van der Waals surface area (Å²) in [5.74, 6) is 0. The van der Waals surface area contributed by atoms with Crippen LogP contribution in [0.25, 0.3) is 0 Å². The summed E-state index contributed by atoms with van der Waals surface area (Å²) in [5, 5.41) is 0. The fourth-order valence-corrected chi connectivity index (χ4v) is 0.501. The van der Waals surface area contributed by atoms with E-state index in [1.807, 2.05) is 0 Å². The van der Waals surface area contributed by atoms with Crippen LogP contribution in [0.1, 0.15) is 7.85 Å². The molecule has 0 aliphatic heterocycles. The van der Waals surface area contributed by atoms with Gasteiger partial charge in [0.25, 0.3) is 11.0 Å². The smallest absolute Gasteiger partial charge is 0.330 e. The van der Waals surface area contributed by atoms with Crippen molar-refractivity contribution in [3.63, 3.8) is 0 Å². The van der Waals surface area contributed by atoms with Crippen molar-refractivity contribution >= 4 is 11.0 Å². The zero-order valence-electron chi connectivity index (χ0n) is 5.37. The Labute approximate surface area is 51.3 Å². The Morgan fingerprint density at radius 3 is 2.62 bits per heavy atom. The molecule has 0 aliphatic rings. The van der Waals surface area contributed by atoms with Crippen LogP contribution in [0.5, 0.6) is 0 Å². The zero-order valence-corrected chi connectivity index (χ0v) is 5.27. The first kappa shape index (κ1) is 7.87. The van der Waals surface area contributed by atoms with Gasteiger partial charge in [-0.1, -0.05) is 0 Å². The lowest BCUT2D eigenvalue weighted by Gasteiger charge is -1.89. The predicted octanol–water partition coefficient (Wildman–Crippen LogP) is -1.01. The first-order valence-corrected chi connectivity index (χ1v) is 3.34. The quantitative estimate of drug-likeness (QED) is 0.388. The molecule has 8 heavy (non-hydrogen) atoms. The van der Waals surface area contributed by atoms with Crippen LogP contribution in [0, 0.1) is 0 Å². The van der Waals surface area contributed by atoms with Gasteiger partial charge in [0.15, 0.2) is 0 Å². The lowest BCUT2D eigenvalue weighted by atomic mass is 10.5. The van der Waals surface area contributed by atoms with Crippen LogP contribution < -0.4 is 5.73 Å². The molecule has 0 atom stereocenters. The molecule has 0 aromatic rings. The maximum absolute atomic E-state index is 9.65. The molecule has 0 unspecified atom stereocenters. The maximum Gasteiger partial charge on any atom is 1.00 e. The normalized spacial score (nSPS) is 10.2. The molecule has 0 amide bonds. The molecule has 0 saturated carbocycles. The van der Waals surface area contributed by atoms with Crippen molar-refractivity contribution in [2.75, 3.05) is 13.2 Å². The molecule has 0 bridgehead atoms. The number of hydrogen-bond acceptors (Lipinski definition) is 4. The van der Waals surface area contributed by atoms with Crippen LogP contribution in [0.3, 0.4) is 0 Å². The number of nitrogens with two attached hydrogens (primary N) is 1. The molecule has 2 N–H and O–H groups in total. The molecule has 0 rings (SSSR count). The number of thiol groups is 1. The summed E-state index contributed by atoms with van der Waals surface area (Å²) in [4.78, 5) is 0. The van der Waals surface area contributed by atoms with E-state index in [0.29, 0.717) is 13.0 Å². The second-order valence-electron chi connectivity index (χ2n) is 1.20. The van der Waals surface area contributed by atoms with Crippen LogP contribution in [0.2, 0.25) is 0 Å². The lowest BCUT2D eigenvalue weighted by molar-refractivity contribution is 0.329. The molecular formula is C3H10NO3S+. The fourth-order valence-electron chi connectivity index (χ4n) is 0.222. The highest BCUT2D eigenvalue weighted by Crippen LogP contribution is 1.76. The summed E-state index contributed by atoms with van der Waals surface area (Å²) in [6.45, 7) is 0.665.